The summed E-state index contributed by atoms with van der Waals surface area (Å²) >= 11 is 0. The predicted octanol–water partition coefficient (Wildman–Crippen LogP) is 1.20. The summed E-state index contributed by atoms with van der Waals surface area (Å²) in [7, 11) is 3.94. The summed E-state index contributed by atoms with van der Waals surface area (Å²) in [6, 6.07) is 1.26. The zero-order valence-electron chi connectivity index (χ0n) is 9.81. The summed E-state index contributed by atoms with van der Waals surface area (Å²) < 4.78 is 0. The van der Waals surface area contributed by atoms with E-state index >= 15 is 0 Å². The van der Waals surface area contributed by atoms with Gasteiger partial charge in [0.1, 0.15) is 5.60 Å². The molecule has 0 aliphatic carbocycles. The SMILES string of the molecule is CN1OC2(CC1=O)CC1CCC(C2)N1C.Cl. The van der Waals surface area contributed by atoms with Crippen molar-refractivity contribution >= 4 is 18.3 Å². The molecule has 3 aliphatic rings. The maximum absolute atomic E-state index is 11.6. The molecular weight excluding hydrogens is 228 g/mol. The fraction of sp³-hybridized carbons (Fsp3) is 0.909. The number of carbonyl (C=O) groups is 1. The molecular formula is C11H19ClN2O2. The first kappa shape index (κ1) is 12.1. The Bertz CT molecular complexity index is 296. The van der Waals surface area contributed by atoms with Gasteiger partial charge >= 0.3 is 0 Å². The van der Waals surface area contributed by atoms with E-state index in [4.69, 9.17) is 4.84 Å². The lowest BCUT2D eigenvalue weighted by atomic mass is 9.84. The molecule has 0 aromatic rings. The fourth-order valence-electron chi connectivity index (χ4n) is 3.50. The van der Waals surface area contributed by atoms with Gasteiger partial charge in [-0.1, -0.05) is 0 Å². The van der Waals surface area contributed by atoms with Crippen LogP contribution in [0.3, 0.4) is 0 Å². The van der Waals surface area contributed by atoms with E-state index in [1.165, 1.54) is 17.9 Å². The van der Waals surface area contributed by atoms with Crippen molar-refractivity contribution in [3.05, 3.63) is 0 Å². The third-order valence-corrected chi connectivity index (χ3v) is 4.36. The van der Waals surface area contributed by atoms with Crippen LogP contribution in [-0.4, -0.2) is 47.7 Å². The quantitative estimate of drug-likeness (QED) is 0.644. The predicted molar refractivity (Wildman–Crippen MR) is 62.3 cm³/mol. The number of hydrogen-bond acceptors (Lipinski definition) is 3. The number of piperidine rings is 1. The Labute approximate surface area is 102 Å². The molecule has 0 aromatic carbocycles. The maximum Gasteiger partial charge on any atom is 0.248 e. The van der Waals surface area contributed by atoms with Crippen LogP contribution in [-0.2, 0) is 9.63 Å². The minimum atomic E-state index is -0.163. The van der Waals surface area contributed by atoms with Crippen molar-refractivity contribution in [2.45, 2.75) is 49.8 Å². The summed E-state index contributed by atoms with van der Waals surface area (Å²) in [5.74, 6) is 0.138. The van der Waals surface area contributed by atoms with Crippen molar-refractivity contribution in [1.29, 1.82) is 0 Å². The lowest BCUT2D eigenvalue weighted by Crippen LogP contribution is -2.49. The highest BCUT2D eigenvalue weighted by Gasteiger charge is 2.53. The number of amides is 1. The second-order valence-electron chi connectivity index (χ2n) is 5.30. The Balaban J connectivity index is 0.000000963. The number of hydroxylamine groups is 2. The molecule has 0 N–H and O–H groups in total. The third-order valence-electron chi connectivity index (χ3n) is 4.36. The zero-order valence-corrected chi connectivity index (χ0v) is 10.6. The van der Waals surface area contributed by atoms with Gasteiger partial charge in [0.05, 0.1) is 6.42 Å². The van der Waals surface area contributed by atoms with Gasteiger partial charge in [-0.15, -0.1) is 12.4 Å². The van der Waals surface area contributed by atoms with Crippen LogP contribution in [0.2, 0.25) is 0 Å². The van der Waals surface area contributed by atoms with Crippen molar-refractivity contribution in [1.82, 2.24) is 9.96 Å². The van der Waals surface area contributed by atoms with Crippen LogP contribution in [0.15, 0.2) is 0 Å². The van der Waals surface area contributed by atoms with Crippen LogP contribution in [0.25, 0.3) is 0 Å². The monoisotopic (exact) mass is 246 g/mol. The molecule has 4 nitrogen and oxygen atoms in total. The first-order valence-electron chi connectivity index (χ1n) is 5.77. The van der Waals surface area contributed by atoms with Gasteiger partial charge in [0, 0.05) is 19.1 Å². The van der Waals surface area contributed by atoms with Crippen LogP contribution >= 0.6 is 12.4 Å². The lowest BCUT2D eigenvalue weighted by Gasteiger charge is -2.41. The van der Waals surface area contributed by atoms with Gasteiger partial charge in [-0.05, 0) is 32.7 Å². The second kappa shape index (κ2) is 3.86. The molecule has 3 fully saturated rings. The number of carbonyl (C=O) groups excluding carboxylic acids is 1. The van der Waals surface area contributed by atoms with Gasteiger partial charge in [0.15, 0.2) is 0 Å². The minimum Gasteiger partial charge on any atom is -0.300 e. The highest BCUT2D eigenvalue weighted by Crippen LogP contribution is 2.45. The Morgan fingerprint density at radius 2 is 1.81 bits per heavy atom. The molecule has 1 amide bonds. The Morgan fingerprint density at radius 3 is 2.25 bits per heavy atom. The molecule has 5 heteroatoms. The number of rotatable bonds is 0. The standard InChI is InChI=1S/C11H18N2O2.ClH/c1-12-8-3-4-9(12)6-11(5-8)7-10(14)13(2)15-11;/h8-9H,3-7H2,1-2H3;1H. The molecule has 92 valence electrons. The Kier molecular flexibility index (Phi) is 2.93. The first-order chi connectivity index (χ1) is 7.10. The lowest BCUT2D eigenvalue weighted by molar-refractivity contribution is -0.204. The Hall–Kier alpha value is -0.320. The van der Waals surface area contributed by atoms with Crippen molar-refractivity contribution < 1.29 is 9.63 Å². The van der Waals surface area contributed by atoms with Crippen molar-refractivity contribution in [2.24, 2.45) is 0 Å². The van der Waals surface area contributed by atoms with E-state index < -0.39 is 0 Å². The zero-order chi connectivity index (χ0) is 10.6. The summed E-state index contributed by atoms with van der Waals surface area (Å²) in [6.45, 7) is 0. The molecule has 3 heterocycles. The second-order valence-corrected chi connectivity index (χ2v) is 5.30. The van der Waals surface area contributed by atoms with Gasteiger partial charge < -0.3 is 4.90 Å². The average Bonchev–Trinajstić information content (AvgIpc) is 2.57. The van der Waals surface area contributed by atoms with Crippen LogP contribution in [0.4, 0.5) is 0 Å². The van der Waals surface area contributed by atoms with Crippen molar-refractivity contribution in [3.63, 3.8) is 0 Å². The molecule has 3 rings (SSSR count). The third kappa shape index (κ3) is 1.63. The minimum absolute atomic E-state index is 0. The van der Waals surface area contributed by atoms with E-state index in [-0.39, 0.29) is 23.9 Å². The van der Waals surface area contributed by atoms with E-state index in [0.717, 1.165) is 12.8 Å². The van der Waals surface area contributed by atoms with E-state index in [2.05, 4.69) is 11.9 Å². The average molecular weight is 247 g/mol. The van der Waals surface area contributed by atoms with E-state index in [1.54, 1.807) is 7.05 Å². The maximum atomic E-state index is 11.6. The van der Waals surface area contributed by atoms with Crippen molar-refractivity contribution in [3.8, 4) is 0 Å². The highest BCUT2D eigenvalue weighted by atomic mass is 35.5. The Morgan fingerprint density at radius 1 is 1.25 bits per heavy atom. The number of nitrogens with zero attached hydrogens (tertiary/aromatic N) is 2. The summed E-state index contributed by atoms with van der Waals surface area (Å²) in [5.41, 5.74) is -0.163. The van der Waals surface area contributed by atoms with Crippen LogP contribution in [0.5, 0.6) is 0 Å². The normalized spacial score (nSPS) is 42.9. The fourth-order valence-corrected chi connectivity index (χ4v) is 3.50. The summed E-state index contributed by atoms with van der Waals surface area (Å²) in [4.78, 5) is 19.8. The van der Waals surface area contributed by atoms with Gasteiger partial charge in [-0.25, -0.2) is 5.06 Å². The summed E-state index contributed by atoms with van der Waals surface area (Å²) in [5, 5.41) is 1.44. The smallest absolute Gasteiger partial charge is 0.248 e. The van der Waals surface area contributed by atoms with Gasteiger partial charge in [-0.2, -0.15) is 0 Å². The molecule has 2 atom stereocenters. The number of halogens is 1. The van der Waals surface area contributed by atoms with Crippen molar-refractivity contribution in [2.75, 3.05) is 14.1 Å². The van der Waals surface area contributed by atoms with Crippen LogP contribution in [0, 0.1) is 0 Å². The number of hydrogen-bond donors (Lipinski definition) is 0. The van der Waals surface area contributed by atoms with Crippen LogP contribution < -0.4 is 0 Å². The largest absolute Gasteiger partial charge is 0.300 e. The molecule has 16 heavy (non-hydrogen) atoms. The van der Waals surface area contributed by atoms with Gasteiger partial charge in [-0.3, -0.25) is 9.63 Å². The molecule has 0 saturated carbocycles. The molecule has 0 radical (unpaired) electrons. The topological polar surface area (TPSA) is 32.8 Å². The van der Waals surface area contributed by atoms with Gasteiger partial charge in [0.25, 0.3) is 0 Å². The van der Waals surface area contributed by atoms with E-state index in [0.29, 0.717) is 18.5 Å². The first-order valence-corrected chi connectivity index (χ1v) is 5.77. The van der Waals surface area contributed by atoms with E-state index in [9.17, 15) is 4.79 Å². The molecule has 1 spiro atoms. The van der Waals surface area contributed by atoms with Crippen LogP contribution in [0.1, 0.15) is 32.1 Å². The van der Waals surface area contributed by atoms with Gasteiger partial charge in [0.2, 0.25) is 5.91 Å². The molecule has 3 saturated heterocycles. The molecule has 3 aliphatic heterocycles. The molecule has 2 bridgehead atoms. The summed E-state index contributed by atoms with van der Waals surface area (Å²) in [6.07, 6.45) is 5.17. The number of fused-ring (bicyclic) bond motifs is 2. The molecule has 2 unspecified atom stereocenters. The van der Waals surface area contributed by atoms with E-state index in [1.807, 2.05) is 0 Å². The highest BCUT2D eigenvalue weighted by molar-refractivity contribution is 5.85. The molecule has 0 aromatic heterocycles.